The molecule has 1 N–H and O–H groups in total. The van der Waals surface area contributed by atoms with Crippen LogP contribution in [0.1, 0.15) is 21.6 Å². The molecule has 148 valence electrons. The van der Waals surface area contributed by atoms with E-state index in [-0.39, 0.29) is 6.54 Å². The number of methoxy groups -OCH3 is 1. The van der Waals surface area contributed by atoms with Crippen molar-refractivity contribution in [1.29, 1.82) is 0 Å². The van der Waals surface area contributed by atoms with Gasteiger partial charge in [-0.3, -0.25) is 0 Å². The van der Waals surface area contributed by atoms with Crippen LogP contribution in [0.15, 0.2) is 47.4 Å². The zero-order chi connectivity index (χ0) is 20.5. The number of rotatable bonds is 6. The van der Waals surface area contributed by atoms with Crippen LogP contribution < -0.4 is 9.46 Å². The van der Waals surface area contributed by atoms with Crippen LogP contribution in [0.2, 0.25) is 5.02 Å². The lowest BCUT2D eigenvalue weighted by Gasteiger charge is -2.16. The zero-order valence-electron chi connectivity index (χ0n) is 16.2. The first-order valence-electron chi connectivity index (χ1n) is 8.72. The normalized spacial score (nSPS) is 11.6. The summed E-state index contributed by atoms with van der Waals surface area (Å²) in [6, 6.07) is 13.3. The number of halogens is 1. The number of nitrogens with one attached hydrogen (secondary N) is 1. The second kappa shape index (κ2) is 8.25. The monoisotopic (exact) mass is 435 g/mol. The number of hydrogen-bond acceptors (Lipinski definition) is 4. The van der Waals surface area contributed by atoms with Gasteiger partial charge in [-0.2, -0.15) is 0 Å². The van der Waals surface area contributed by atoms with E-state index in [1.165, 1.54) is 0 Å². The Morgan fingerprint density at radius 2 is 1.71 bits per heavy atom. The molecule has 1 heterocycles. The van der Waals surface area contributed by atoms with E-state index < -0.39 is 10.0 Å². The lowest BCUT2D eigenvalue weighted by molar-refractivity contribution is 0.410. The predicted molar refractivity (Wildman–Crippen MR) is 116 cm³/mol. The highest BCUT2D eigenvalue weighted by molar-refractivity contribution is 7.89. The third kappa shape index (κ3) is 4.25. The molecule has 3 rings (SSSR count). The summed E-state index contributed by atoms with van der Waals surface area (Å²) in [5, 5.41) is 0.689. The van der Waals surface area contributed by atoms with Gasteiger partial charge in [-0.15, -0.1) is 11.3 Å². The van der Waals surface area contributed by atoms with E-state index in [0.717, 1.165) is 20.9 Å². The van der Waals surface area contributed by atoms with Gasteiger partial charge < -0.3 is 4.74 Å². The molecule has 0 atom stereocenters. The van der Waals surface area contributed by atoms with Crippen LogP contribution in [0.5, 0.6) is 5.75 Å². The average molecular weight is 436 g/mol. The van der Waals surface area contributed by atoms with Crippen LogP contribution in [0.4, 0.5) is 0 Å². The van der Waals surface area contributed by atoms with Crippen molar-refractivity contribution in [2.45, 2.75) is 32.2 Å². The van der Waals surface area contributed by atoms with Crippen molar-refractivity contribution in [2.75, 3.05) is 7.11 Å². The summed E-state index contributed by atoms with van der Waals surface area (Å²) < 4.78 is 34.0. The molecule has 0 aliphatic heterocycles. The molecule has 0 fully saturated rings. The molecular formula is C21H22ClNO3S2. The molecule has 0 bridgehead atoms. The molecule has 0 saturated carbocycles. The number of benzene rings is 2. The highest BCUT2D eigenvalue weighted by Gasteiger charge is 2.22. The Balaban J connectivity index is 1.81. The number of thiophene rings is 1. The highest BCUT2D eigenvalue weighted by atomic mass is 35.5. The van der Waals surface area contributed by atoms with Crippen LogP contribution in [-0.2, 0) is 16.6 Å². The lowest BCUT2D eigenvalue weighted by Crippen LogP contribution is -2.24. The van der Waals surface area contributed by atoms with E-state index in [4.69, 9.17) is 16.3 Å². The van der Waals surface area contributed by atoms with Crippen LogP contribution in [0.25, 0.3) is 10.4 Å². The van der Waals surface area contributed by atoms with Gasteiger partial charge in [-0.05, 0) is 73.4 Å². The number of aryl methyl sites for hydroxylation is 1. The Hall–Kier alpha value is -1.86. The van der Waals surface area contributed by atoms with E-state index in [0.29, 0.717) is 26.8 Å². The van der Waals surface area contributed by atoms with E-state index in [2.05, 4.69) is 4.72 Å². The smallest absolute Gasteiger partial charge is 0.241 e. The average Bonchev–Trinajstić information content (AvgIpc) is 3.12. The Bertz CT molecular complexity index is 1100. The predicted octanol–water partition coefficient (Wildman–Crippen LogP) is 5.48. The van der Waals surface area contributed by atoms with Crippen molar-refractivity contribution >= 4 is 33.0 Å². The molecule has 2 aromatic carbocycles. The SMILES string of the molecule is COc1cc(C)c(S(=O)(=O)NCc2ccc(-c3ccc(Cl)cc3)s2)c(C)c1C. The van der Waals surface area contributed by atoms with E-state index in [9.17, 15) is 8.42 Å². The van der Waals surface area contributed by atoms with Crippen molar-refractivity contribution in [3.05, 3.63) is 69.1 Å². The maximum Gasteiger partial charge on any atom is 0.241 e. The maximum absolute atomic E-state index is 13.0. The van der Waals surface area contributed by atoms with Gasteiger partial charge in [-0.25, -0.2) is 13.1 Å². The molecule has 0 unspecified atom stereocenters. The van der Waals surface area contributed by atoms with Gasteiger partial charge in [0.05, 0.1) is 12.0 Å². The van der Waals surface area contributed by atoms with Crippen molar-refractivity contribution in [3.63, 3.8) is 0 Å². The molecule has 0 radical (unpaired) electrons. The molecule has 1 aromatic heterocycles. The molecule has 3 aromatic rings. The molecule has 0 amide bonds. The quantitative estimate of drug-likeness (QED) is 0.557. The van der Waals surface area contributed by atoms with Gasteiger partial charge in [0.1, 0.15) is 5.75 Å². The van der Waals surface area contributed by atoms with E-state index in [1.807, 2.05) is 50.2 Å². The van der Waals surface area contributed by atoms with Crippen molar-refractivity contribution in [3.8, 4) is 16.2 Å². The van der Waals surface area contributed by atoms with Gasteiger partial charge in [0.25, 0.3) is 0 Å². The summed E-state index contributed by atoms with van der Waals surface area (Å²) >= 11 is 7.49. The minimum absolute atomic E-state index is 0.241. The molecule has 0 aliphatic rings. The molecule has 4 nitrogen and oxygen atoms in total. The van der Waals surface area contributed by atoms with Gasteiger partial charge in [-0.1, -0.05) is 23.7 Å². The van der Waals surface area contributed by atoms with Crippen LogP contribution in [0, 0.1) is 20.8 Å². The van der Waals surface area contributed by atoms with Crippen molar-refractivity contribution < 1.29 is 13.2 Å². The largest absolute Gasteiger partial charge is 0.496 e. The maximum atomic E-state index is 13.0. The fraction of sp³-hybridized carbons (Fsp3) is 0.238. The zero-order valence-corrected chi connectivity index (χ0v) is 18.6. The molecule has 0 aliphatic carbocycles. The van der Waals surface area contributed by atoms with Crippen LogP contribution in [0.3, 0.4) is 0 Å². The van der Waals surface area contributed by atoms with Crippen LogP contribution in [-0.4, -0.2) is 15.5 Å². The van der Waals surface area contributed by atoms with Crippen molar-refractivity contribution in [2.24, 2.45) is 0 Å². The van der Waals surface area contributed by atoms with Gasteiger partial charge in [0.2, 0.25) is 10.0 Å². The Kier molecular flexibility index (Phi) is 6.15. The Morgan fingerprint density at radius 3 is 2.36 bits per heavy atom. The van der Waals surface area contributed by atoms with Crippen molar-refractivity contribution in [1.82, 2.24) is 4.72 Å². The first kappa shape index (κ1) is 20.9. The summed E-state index contributed by atoms with van der Waals surface area (Å²) in [5.74, 6) is 0.694. The summed E-state index contributed by atoms with van der Waals surface area (Å²) in [7, 11) is -2.06. The summed E-state index contributed by atoms with van der Waals surface area (Å²) in [5.41, 5.74) is 3.26. The number of sulfonamides is 1. The first-order valence-corrected chi connectivity index (χ1v) is 11.4. The lowest BCUT2D eigenvalue weighted by atomic mass is 10.1. The fourth-order valence-electron chi connectivity index (χ4n) is 3.13. The Morgan fingerprint density at radius 1 is 1.04 bits per heavy atom. The topological polar surface area (TPSA) is 55.4 Å². The molecule has 0 saturated heterocycles. The standard InChI is InChI=1S/C21H22ClNO3S2/c1-13-11-19(26-4)14(2)15(3)21(13)28(24,25)23-12-18-9-10-20(27-18)16-5-7-17(22)8-6-16/h5-11,23H,12H2,1-4H3. The second-order valence-electron chi connectivity index (χ2n) is 6.57. The number of hydrogen-bond donors (Lipinski definition) is 1. The highest BCUT2D eigenvalue weighted by Crippen LogP contribution is 2.32. The van der Waals surface area contributed by atoms with Gasteiger partial charge >= 0.3 is 0 Å². The molecule has 28 heavy (non-hydrogen) atoms. The van der Waals surface area contributed by atoms with E-state index in [1.54, 1.807) is 31.4 Å². The summed E-state index contributed by atoms with van der Waals surface area (Å²) in [4.78, 5) is 2.33. The minimum atomic E-state index is -3.64. The third-order valence-electron chi connectivity index (χ3n) is 4.69. The minimum Gasteiger partial charge on any atom is -0.496 e. The van der Waals surface area contributed by atoms with Crippen LogP contribution >= 0.6 is 22.9 Å². The molecule has 7 heteroatoms. The van der Waals surface area contributed by atoms with E-state index >= 15 is 0 Å². The summed E-state index contributed by atoms with van der Waals surface area (Å²) in [6.07, 6.45) is 0. The Labute approximate surface area is 175 Å². The molecule has 0 spiro atoms. The molecular weight excluding hydrogens is 414 g/mol. The van der Waals surface area contributed by atoms with Gasteiger partial charge in [0, 0.05) is 21.3 Å². The summed E-state index contributed by atoms with van der Waals surface area (Å²) in [6.45, 7) is 5.70. The first-order chi connectivity index (χ1) is 13.2. The fourth-order valence-corrected chi connectivity index (χ4v) is 5.83. The third-order valence-corrected chi connectivity index (χ3v) is 7.77. The second-order valence-corrected chi connectivity index (χ2v) is 9.88. The van der Waals surface area contributed by atoms with Gasteiger partial charge in [0.15, 0.2) is 0 Å². The number of ether oxygens (including phenoxy) is 1.